The van der Waals surface area contributed by atoms with E-state index in [1.54, 1.807) is 10.6 Å². The van der Waals surface area contributed by atoms with Gasteiger partial charge in [0.05, 0.1) is 0 Å². The first-order chi connectivity index (χ1) is 7.72. The van der Waals surface area contributed by atoms with Crippen LogP contribution in [0.2, 0.25) is 0 Å². The van der Waals surface area contributed by atoms with Crippen LogP contribution in [0.15, 0.2) is 16.9 Å². The van der Waals surface area contributed by atoms with Gasteiger partial charge in [-0.25, -0.2) is 0 Å². The SMILES string of the molecule is Cc1ccc(C#N)c(=O)n1CC1CCCC1. The largest absolute Gasteiger partial charge is 0.312 e. The third kappa shape index (κ3) is 2.01. The van der Waals surface area contributed by atoms with Gasteiger partial charge in [-0.05, 0) is 37.8 Å². The van der Waals surface area contributed by atoms with Gasteiger partial charge in [-0.3, -0.25) is 4.79 Å². The molecule has 1 fully saturated rings. The zero-order valence-corrected chi connectivity index (χ0v) is 9.57. The van der Waals surface area contributed by atoms with Crippen LogP contribution in [-0.2, 0) is 6.54 Å². The standard InChI is InChI=1S/C13H16N2O/c1-10-6-7-12(8-14)13(16)15(10)9-11-4-2-3-5-11/h6-7,11H,2-5,9H2,1H3. The number of rotatable bonds is 2. The molecule has 0 N–H and O–H groups in total. The molecule has 0 aliphatic heterocycles. The molecule has 84 valence electrons. The third-order valence-electron chi connectivity index (χ3n) is 3.43. The highest BCUT2D eigenvalue weighted by atomic mass is 16.1. The Morgan fingerprint density at radius 1 is 1.44 bits per heavy atom. The zero-order valence-electron chi connectivity index (χ0n) is 9.57. The van der Waals surface area contributed by atoms with Crippen molar-refractivity contribution in [2.24, 2.45) is 5.92 Å². The van der Waals surface area contributed by atoms with Gasteiger partial charge >= 0.3 is 0 Å². The maximum atomic E-state index is 11.9. The smallest absolute Gasteiger partial charge is 0.268 e. The summed E-state index contributed by atoms with van der Waals surface area (Å²) in [5.41, 5.74) is 1.08. The zero-order chi connectivity index (χ0) is 11.5. The summed E-state index contributed by atoms with van der Waals surface area (Å²) in [7, 11) is 0. The van der Waals surface area contributed by atoms with Crippen molar-refractivity contribution in [3.8, 4) is 6.07 Å². The van der Waals surface area contributed by atoms with Gasteiger partial charge in [-0.1, -0.05) is 12.8 Å². The number of pyridine rings is 1. The topological polar surface area (TPSA) is 45.8 Å². The van der Waals surface area contributed by atoms with Crippen molar-refractivity contribution >= 4 is 0 Å². The summed E-state index contributed by atoms with van der Waals surface area (Å²) in [5.74, 6) is 0.616. The van der Waals surface area contributed by atoms with E-state index in [4.69, 9.17) is 5.26 Å². The van der Waals surface area contributed by atoms with E-state index >= 15 is 0 Å². The van der Waals surface area contributed by atoms with Crippen molar-refractivity contribution in [2.45, 2.75) is 39.2 Å². The van der Waals surface area contributed by atoms with E-state index in [2.05, 4.69) is 0 Å². The fourth-order valence-electron chi connectivity index (χ4n) is 2.43. The molecule has 1 heterocycles. The maximum Gasteiger partial charge on any atom is 0.268 e. The Hall–Kier alpha value is -1.56. The quantitative estimate of drug-likeness (QED) is 0.761. The van der Waals surface area contributed by atoms with Gasteiger partial charge in [-0.15, -0.1) is 0 Å². The molecule has 1 aliphatic carbocycles. The average molecular weight is 216 g/mol. The predicted molar refractivity (Wildman–Crippen MR) is 62.1 cm³/mol. The van der Waals surface area contributed by atoms with Gasteiger partial charge < -0.3 is 4.57 Å². The number of nitrogens with zero attached hydrogens (tertiary/aromatic N) is 2. The predicted octanol–water partition coefficient (Wildman–Crippen LogP) is 2.22. The van der Waals surface area contributed by atoms with Gasteiger partial charge in [0.2, 0.25) is 0 Å². The van der Waals surface area contributed by atoms with E-state index in [-0.39, 0.29) is 11.1 Å². The van der Waals surface area contributed by atoms with E-state index < -0.39 is 0 Å². The van der Waals surface area contributed by atoms with Gasteiger partial charge in [0, 0.05) is 12.2 Å². The molecule has 0 aromatic carbocycles. The minimum atomic E-state index is -0.130. The first-order valence-corrected chi connectivity index (χ1v) is 5.83. The molecular weight excluding hydrogens is 200 g/mol. The summed E-state index contributed by atoms with van der Waals surface area (Å²) >= 11 is 0. The Labute approximate surface area is 95.3 Å². The fraction of sp³-hybridized carbons (Fsp3) is 0.538. The molecule has 0 unspecified atom stereocenters. The Kier molecular flexibility index (Phi) is 3.09. The van der Waals surface area contributed by atoms with Crippen molar-refractivity contribution in [3.05, 3.63) is 33.7 Å². The van der Waals surface area contributed by atoms with Crippen LogP contribution in [0.4, 0.5) is 0 Å². The molecule has 0 amide bonds. The van der Waals surface area contributed by atoms with Gasteiger partial charge in [0.1, 0.15) is 11.6 Å². The van der Waals surface area contributed by atoms with Crippen molar-refractivity contribution < 1.29 is 0 Å². The molecule has 0 saturated heterocycles. The molecule has 2 rings (SSSR count). The second kappa shape index (κ2) is 4.52. The van der Waals surface area contributed by atoms with Gasteiger partial charge in [0.15, 0.2) is 0 Å². The van der Waals surface area contributed by atoms with Gasteiger partial charge in [-0.2, -0.15) is 5.26 Å². The summed E-state index contributed by atoms with van der Waals surface area (Å²) in [6.45, 7) is 2.71. The monoisotopic (exact) mass is 216 g/mol. The molecule has 0 atom stereocenters. The molecule has 0 spiro atoms. The summed E-state index contributed by atoms with van der Waals surface area (Å²) < 4.78 is 1.76. The number of aryl methyl sites for hydroxylation is 1. The summed E-state index contributed by atoms with van der Waals surface area (Å²) in [4.78, 5) is 11.9. The fourth-order valence-corrected chi connectivity index (χ4v) is 2.43. The Morgan fingerprint density at radius 3 is 2.75 bits per heavy atom. The lowest BCUT2D eigenvalue weighted by molar-refractivity contribution is 0.442. The Bertz CT molecular complexity index is 476. The number of aromatic nitrogens is 1. The van der Waals surface area contributed by atoms with Crippen LogP contribution in [0.1, 0.15) is 36.9 Å². The lowest BCUT2D eigenvalue weighted by Gasteiger charge is -2.14. The molecule has 1 saturated carbocycles. The first-order valence-electron chi connectivity index (χ1n) is 5.83. The highest BCUT2D eigenvalue weighted by Crippen LogP contribution is 2.26. The molecule has 3 heteroatoms. The lowest BCUT2D eigenvalue weighted by atomic mass is 10.1. The van der Waals surface area contributed by atoms with Crippen LogP contribution < -0.4 is 5.56 Å². The highest BCUT2D eigenvalue weighted by Gasteiger charge is 2.17. The van der Waals surface area contributed by atoms with Crippen LogP contribution in [-0.4, -0.2) is 4.57 Å². The minimum absolute atomic E-state index is 0.130. The second-order valence-corrected chi connectivity index (χ2v) is 4.57. The van der Waals surface area contributed by atoms with E-state index in [1.165, 1.54) is 25.7 Å². The Morgan fingerprint density at radius 2 is 2.12 bits per heavy atom. The Balaban J connectivity index is 2.32. The van der Waals surface area contributed by atoms with Crippen molar-refractivity contribution in [2.75, 3.05) is 0 Å². The normalized spacial score (nSPS) is 16.2. The summed E-state index contributed by atoms with van der Waals surface area (Å²) in [5, 5.41) is 8.83. The van der Waals surface area contributed by atoms with E-state index in [9.17, 15) is 4.79 Å². The number of hydrogen-bond donors (Lipinski definition) is 0. The second-order valence-electron chi connectivity index (χ2n) is 4.57. The highest BCUT2D eigenvalue weighted by molar-refractivity contribution is 5.27. The summed E-state index contributed by atoms with van der Waals surface area (Å²) in [6.07, 6.45) is 4.97. The number of hydrogen-bond acceptors (Lipinski definition) is 2. The molecule has 1 aliphatic rings. The minimum Gasteiger partial charge on any atom is -0.312 e. The van der Waals surface area contributed by atoms with Crippen molar-refractivity contribution in [1.82, 2.24) is 4.57 Å². The number of nitriles is 1. The summed E-state index contributed by atoms with van der Waals surface area (Å²) in [6, 6.07) is 5.42. The van der Waals surface area contributed by atoms with Crippen molar-refractivity contribution in [3.63, 3.8) is 0 Å². The molecule has 1 aromatic rings. The molecule has 1 aromatic heterocycles. The maximum absolute atomic E-state index is 11.9. The van der Waals surface area contributed by atoms with Crippen LogP contribution in [0, 0.1) is 24.2 Å². The van der Waals surface area contributed by atoms with Gasteiger partial charge in [0.25, 0.3) is 5.56 Å². The molecular formula is C13H16N2O. The van der Waals surface area contributed by atoms with Crippen LogP contribution in [0.5, 0.6) is 0 Å². The van der Waals surface area contributed by atoms with Crippen LogP contribution in [0.3, 0.4) is 0 Å². The average Bonchev–Trinajstić information content (AvgIpc) is 2.77. The first kappa shape index (κ1) is 10.9. The van der Waals surface area contributed by atoms with Crippen LogP contribution in [0.25, 0.3) is 0 Å². The van der Waals surface area contributed by atoms with Crippen LogP contribution >= 0.6 is 0 Å². The van der Waals surface area contributed by atoms with E-state index in [0.29, 0.717) is 5.92 Å². The van der Waals surface area contributed by atoms with E-state index in [1.807, 2.05) is 19.1 Å². The molecule has 0 radical (unpaired) electrons. The molecule has 3 nitrogen and oxygen atoms in total. The van der Waals surface area contributed by atoms with E-state index in [0.717, 1.165) is 12.2 Å². The molecule has 0 bridgehead atoms. The molecule has 16 heavy (non-hydrogen) atoms. The van der Waals surface area contributed by atoms with Crippen molar-refractivity contribution in [1.29, 1.82) is 5.26 Å². The third-order valence-corrected chi connectivity index (χ3v) is 3.43. The lowest BCUT2D eigenvalue weighted by Crippen LogP contribution is -2.26.